The third kappa shape index (κ3) is 6.63. The van der Waals surface area contributed by atoms with Crippen LogP contribution in [0, 0.1) is 5.82 Å². The van der Waals surface area contributed by atoms with E-state index in [-0.39, 0.29) is 18.3 Å². The molecule has 1 atom stereocenters. The minimum atomic E-state index is -0.329. The van der Waals surface area contributed by atoms with Crippen LogP contribution < -0.4 is 16.0 Å². The second-order valence-electron chi connectivity index (χ2n) is 6.50. The first kappa shape index (κ1) is 20.2. The van der Waals surface area contributed by atoms with Crippen molar-refractivity contribution in [3.05, 3.63) is 30.1 Å². The monoisotopic (exact) mass is 363 g/mol. The van der Waals surface area contributed by atoms with E-state index in [4.69, 9.17) is 0 Å². The number of amides is 1. The summed E-state index contributed by atoms with van der Waals surface area (Å²) >= 11 is 0. The van der Waals surface area contributed by atoms with Crippen molar-refractivity contribution in [2.24, 2.45) is 4.99 Å². The van der Waals surface area contributed by atoms with Crippen molar-refractivity contribution in [3.63, 3.8) is 0 Å². The zero-order valence-corrected chi connectivity index (χ0v) is 15.7. The lowest BCUT2D eigenvalue weighted by Crippen LogP contribution is -2.47. The Morgan fingerprint density at radius 1 is 1.27 bits per heavy atom. The number of piperidine rings is 1. The van der Waals surface area contributed by atoms with Crippen molar-refractivity contribution in [2.75, 3.05) is 38.5 Å². The number of hydrogen-bond donors (Lipinski definition) is 3. The molecule has 1 fully saturated rings. The number of likely N-dealkylation sites (tertiary alicyclic amines) is 1. The summed E-state index contributed by atoms with van der Waals surface area (Å²) in [5, 5.41) is 8.96. The molecule has 1 heterocycles. The van der Waals surface area contributed by atoms with Gasteiger partial charge in [0, 0.05) is 31.9 Å². The van der Waals surface area contributed by atoms with E-state index in [2.05, 4.69) is 32.8 Å². The molecule has 0 radical (unpaired) electrons. The Bertz CT molecular complexity index is 590. The maximum absolute atomic E-state index is 12.9. The van der Waals surface area contributed by atoms with Crippen LogP contribution in [0.4, 0.5) is 10.1 Å². The molecule has 26 heavy (non-hydrogen) atoms. The van der Waals surface area contributed by atoms with E-state index in [0.717, 1.165) is 19.6 Å². The average molecular weight is 363 g/mol. The Balaban J connectivity index is 1.68. The molecule has 1 aromatic carbocycles. The van der Waals surface area contributed by atoms with E-state index in [9.17, 15) is 9.18 Å². The van der Waals surface area contributed by atoms with Gasteiger partial charge in [0.2, 0.25) is 5.91 Å². The molecule has 0 spiro atoms. The second kappa shape index (κ2) is 10.8. The van der Waals surface area contributed by atoms with E-state index in [1.165, 1.54) is 49.9 Å². The zero-order valence-electron chi connectivity index (χ0n) is 15.7. The molecule has 1 unspecified atom stereocenters. The van der Waals surface area contributed by atoms with Crippen LogP contribution >= 0.6 is 0 Å². The fourth-order valence-corrected chi connectivity index (χ4v) is 3.26. The Labute approximate surface area is 155 Å². The third-order valence-electron chi connectivity index (χ3n) is 4.68. The number of carbonyl (C=O) groups is 1. The summed E-state index contributed by atoms with van der Waals surface area (Å²) in [5.74, 6) is 0.0655. The largest absolute Gasteiger partial charge is 0.355 e. The summed E-state index contributed by atoms with van der Waals surface area (Å²) in [6.07, 6.45) is 5.07. The van der Waals surface area contributed by atoms with Crippen molar-refractivity contribution in [1.82, 2.24) is 15.5 Å². The number of nitrogens with one attached hydrogen (secondary N) is 3. The predicted octanol–water partition coefficient (Wildman–Crippen LogP) is 2.19. The molecule has 1 aromatic rings. The number of aliphatic imine (C=N–C) groups is 1. The summed E-state index contributed by atoms with van der Waals surface area (Å²) in [5.41, 5.74) is 0.567. The SMILES string of the molecule is CCC1CCCCN1CCNC(=NC)NCC(=O)Nc1ccc(F)cc1. The summed E-state index contributed by atoms with van der Waals surface area (Å²) in [7, 11) is 1.68. The van der Waals surface area contributed by atoms with Gasteiger partial charge in [-0.3, -0.25) is 14.7 Å². The van der Waals surface area contributed by atoms with Gasteiger partial charge in [0.25, 0.3) is 0 Å². The van der Waals surface area contributed by atoms with E-state index in [1.807, 2.05) is 0 Å². The molecule has 0 saturated carbocycles. The highest BCUT2D eigenvalue weighted by Crippen LogP contribution is 2.18. The van der Waals surface area contributed by atoms with Crippen LogP contribution in [0.5, 0.6) is 0 Å². The lowest BCUT2D eigenvalue weighted by atomic mass is 10.0. The number of rotatable bonds is 7. The number of hydrogen-bond acceptors (Lipinski definition) is 3. The van der Waals surface area contributed by atoms with Gasteiger partial charge in [-0.1, -0.05) is 13.3 Å². The van der Waals surface area contributed by atoms with Crippen LogP contribution in [0.15, 0.2) is 29.3 Å². The van der Waals surface area contributed by atoms with Gasteiger partial charge in [-0.25, -0.2) is 4.39 Å². The quantitative estimate of drug-likeness (QED) is 0.513. The fraction of sp³-hybridized carbons (Fsp3) is 0.579. The number of anilines is 1. The number of nitrogens with zero attached hydrogens (tertiary/aromatic N) is 2. The molecule has 3 N–H and O–H groups in total. The highest BCUT2D eigenvalue weighted by molar-refractivity contribution is 5.94. The van der Waals surface area contributed by atoms with Gasteiger partial charge in [0.05, 0.1) is 6.54 Å². The Kier molecular flexibility index (Phi) is 8.34. The summed E-state index contributed by atoms with van der Waals surface area (Å²) in [4.78, 5) is 18.6. The predicted molar refractivity (Wildman–Crippen MR) is 104 cm³/mol. The van der Waals surface area contributed by atoms with Crippen LogP contribution in [0.3, 0.4) is 0 Å². The highest BCUT2D eigenvalue weighted by Gasteiger charge is 2.19. The smallest absolute Gasteiger partial charge is 0.243 e. The number of guanidine groups is 1. The van der Waals surface area contributed by atoms with Crippen LogP contribution in [-0.2, 0) is 4.79 Å². The van der Waals surface area contributed by atoms with Crippen LogP contribution in [-0.4, -0.2) is 56.0 Å². The van der Waals surface area contributed by atoms with Gasteiger partial charge < -0.3 is 16.0 Å². The molecule has 144 valence electrons. The molecule has 2 rings (SSSR count). The van der Waals surface area contributed by atoms with Crippen molar-refractivity contribution in [1.29, 1.82) is 0 Å². The molecule has 1 aliphatic heterocycles. The van der Waals surface area contributed by atoms with Crippen molar-refractivity contribution in [3.8, 4) is 0 Å². The molecule has 0 bridgehead atoms. The Hall–Kier alpha value is -2.15. The third-order valence-corrected chi connectivity index (χ3v) is 4.68. The summed E-state index contributed by atoms with van der Waals surface area (Å²) in [6.45, 7) is 5.26. The first-order chi connectivity index (χ1) is 12.6. The van der Waals surface area contributed by atoms with E-state index < -0.39 is 0 Å². The van der Waals surface area contributed by atoms with Crippen LogP contribution in [0.25, 0.3) is 0 Å². The normalized spacial score (nSPS) is 18.4. The Morgan fingerprint density at radius 2 is 2.04 bits per heavy atom. The lowest BCUT2D eigenvalue weighted by molar-refractivity contribution is -0.115. The van der Waals surface area contributed by atoms with Gasteiger partial charge in [-0.2, -0.15) is 0 Å². The second-order valence-corrected chi connectivity index (χ2v) is 6.50. The lowest BCUT2D eigenvalue weighted by Gasteiger charge is -2.35. The number of benzene rings is 1. The molecule has 6 nitrogen and oxygen atoms in total. The first-order valence-corrected chi connectivity index (χ1v) is 9.36. The maximum atomic E-state index is 12.9. The molecular formula is C19H30FN5O. The van der Waals surface area contributed by atoms with E-state index in [1.54, 1.807) is 7.05 Å². The minimum Gasteiger partial charge on any atom is -0.355 e. The Morgan fingerprint density at radius 3 is 2.73 bits per heavy atom. The summed E-state index contributed by atoms with van der Waals surface area (Å²) < 4.78 is 12.9. The van der Waals surface area contributed by atoms with Gasteiger partial charge in [0.15, 0.2) is 5.96 Å². The molecule has 7 heteroatoms. The van der Waals surface area contributed by atoms with Gasteiger partial charge in [-0.15, -0.1) is 0 Å². The standard InChI is InChI=1S/C19H30FN5O/c1-3-17-6-4-5-12-25(17)13-11-22-19(21-2)23-14-18(26)24-16-9-7-15(20)8-10-16/h7-10,17H,3-6,11-14H2,1-2H3,(H,24,26)(H2,21,22,23). The van der Waals surface area contributed by atoms with Crippen molar-refractivity contribution < 1.29 is 9.18 Å². The topological polar surface area (TPSA) is 68.8 Å². The van der Waals surface area contributed by atoms with E-state index in [0.29, 0.717) is 17.7 Å². The molecule has 0 aromatic heterocycles. The van der Waals surface area contributed by atoms with Crippen LogP contribution in [0.1, 0.15) is 32.6 Å². The van der Waals surface area contributed by atoms with Crippen LogP contribution in [0.2, 0.25) is 0 Å². The molecule has 1 saturated heterocycles. The number of carbonyl (C=O) groups excluding carboxylic acids is 1. The molecule has 1 amide bonds. The summed E-state index contributed by atoms with van der Waals surface area (Å²) in [6, 6.07) is 6.37. The zero-order chi connectivity index (χ0) is 18.8. The fourth-order valence-electron chi connectivity index (χ4n) is 3.26. The maximum Gasteiger partial charge on any atom is 0.243 e. The highest BCUT2D eigenvalue weighted by atomic mass is 19.1. The van der Waals surface area contributed by atoms with Gasteiger partial charge in [0.1, 0.15) is 5.82 Å². The molecular weight excluding hydrogens is 333 g/mol. The molecule has 0 aliphatic carbocycles. The minimum absolute atomic E-state index is 0.0956. The average Bonchev–Trinajstić information content (AvgIpc) is 2.66. The molecule has 1 aliphatic rings. The van der Waals surface area contributed by atoms with Crippen molar-refractivity contribution >= 4 is 17.6 Å². The van der Waals surface area contributed by atoms with Gasteiger partial charge in [-0.05, 0) is 50.1 Å². The van der Waals surface area contributed by atoms with Crippen molar-refractivity contribution in [2.45, 2.75) is 38.6 Å². The first-order valence-electron chi connectivity index (χ1n) is 9.36. The van der Waals surface area contributed by atoms with Gasteiger partial charge >= 0.3 is 0 Å². The van der Waals surface area contributed by atoms with E-state index >= 15 is 0 Å². The number of halogens is 1.